The van der Waals surface area contributed by atoms with Crippen LogP contribution in [0.5, 0.6) is 0 Å². The third kappa shape index (κ3) is 2.55. The molecule has 0 atom stereocenters. The molecule has 0 spiro atoms. The molecule has 0 aromatic carbocycles. The smallest absolute Gasteiger partial charge is 0.176 e. The van der Waals surface area contributed by atoms with Crippen LogP contribution in [-0.4, -0.2) is 46.5 Å². The van der Waals surface area contributed by atoms with E-state index in [4.69, 9.17) is 4.74 Å². The molecule has 0 amide bonds. The van der Waals surface area contributed by atoms with Gasteiger partial charge in [-0.1, -0.05) is 0 Å². The van der Waals surface area contributed by atoms with Gasteiger partial charge in [0.2, 0.25) is 0 Å². The summed E-state index contributed by atoms with van der Waals surface area (Å²) < 4.78 is 7.34. The summed E-state index contributed by atoms with van der Waals surface area (Å²) in [6.45, 7) is 4.79. The van der Waals surface area contributed by atoms with Gasteiger partial charge in [-0.15, -0.1) is 0 Å². The average molecular weight is 322 g/mol. The van der Waals surface area contributed by atoms with E-state index in [0.29, 0.717) is 11.5 Å². The largest absolute Gasteiger partial charge is 0.378 e. The predicted octanol–water partition coefficient (Wildman–Crippen LogP) is 2.44. The Bertz CT molecular complexity index is 883. The van der Waals surface area contributed by atoms with Crippen LogP contribution in [-0.2, 0) is 4.74 Å². The van der Waals surface area contributed by atoms with E-state index < -0.39 is 0 Å². The molecular formula is C18H18N4O2. The molecule has 4 heterocycles. The van der Waals surface area contributed by atoms with Crippen molar-refractivity contribution in [3.63, 3.8) is 0 Å². The van der Waals surface area contributed by atoms with Crippen molar-refractivity contribution in [2.45, 2.75) is 6.92 Å². The summed E-state index contributed by atoms with van der Waals surface area (Å²) in [5.41, 5.74) is 3.57. The van der Waals surface area contributed by atoms with Crippen molar-refractivity contribution in [3.05, 3.63) is 48.5 Å². The van der Waals surface area contributed by atoms with Gasteiger partial charge in [0, 0.05) is 49.9 Å². The molecule has 3 aromatic rings. The summed E-state index contributed by atoms with van der Waals surface area (Å²) in [6, 6.07) is 7.80. The summed E-state index contributed by atoms with van der Waals surface area (Å²) in [5, 5.41) is 0. The van der Waals surface area contributed by atoms with E-state index in [1.165, 1.54) is 0 Å². The molecule has 1 aliphatic rings. The maximum absolute atomic E-state index is 12.0. The molecule has 1 aliphatic heterocycles. The second-order valence-corrected chi connectivity index (χ2v) is 5.81. The minimum absolute atomic E-state index is 0.0197. The number of ketones is 1. The number of ether oxygens (including phenoxy) is 1. The van der Waals surface area contributed by atoms with Gasteiger partial charge in [-0.25, -0.2) is 9.97 Å². The molecule has 6 heteroatoms. The fourth-order valence-corrected chi connectivity index (χ4v) is 3.09. The van der Waals surface area contributed by atoms with Crippen molar-refractivity contribution in [1.29, 1.82) is 0 Å². The summed E-state index contributed by atoms with van der Waals surface area (Å²) in [6.07, 6.45) is 5.37. The Hall–Kier alpha value is -2.73. The van der Waals surface area contributed by atoms with Crippen LogP contribution in [0.15, 0.2) is 42.9 Å². The number of anilines is 1. The number of carbonyl (C=O) groups is 1. The highest BCUT2D eigenvalue weighted by molar-refractivity contribution is 5.97. The highest BCUT2D eigenvalue weighted by Gasteiger charge is 2.18. The number of pyridine rings is 1. The Labute approximate surface area is 139 Å². The van der Waals surface area contributed by atoms with Crippen molar-refractivity contribution >= 4 is 17.0 Å². The zero-order valence-electron chi connectivity index (χ0n) is 13.5. The van der Waals surface area contributed by atoms with Crippen LogP contribution in [0.4, 0.5) is 5.69 Å². The number of carbonyl (C=O) groups excluding carboxylic acids is 1. The van der Waals surface area contributed by atoms with Crippen molar-refractivity contribution in [3.8, 4) is 11.4 Å². The van der Waals surface area contributed by atoms with Gasteiger partial charge >= 0.3 is 0 Å². The molecule has 0 saturated carbocycles. The van der Waals surface area contributed by atoms with Crippen LogP contribution in [0.25, 0.3) is 16.9 Å². The maximum atomic E-state index is 12.0. The number of fused-ring (bicyclic) bond motifs is 1. The first kappa shape index (κ1) is 14.8. The third-order valence-corrected chi connectivity index (χ3v) is 4.30. The Kier molecular flexibility index (Phi) is 3.74. The molecule has 0 unspecified atom stereocenters. The van der Waals surface area contributed by atoms with E-state index in [2.05, 4.69) is 20.9 Å². The number of rotatable bonds is 3. The van der Waals surface area contributed by atoms with Crippen LogP contribution in [0, 0.1) is 0 Å². The van der Waals surface area contributed by atoms with Gasteiger partial charge in [0.15, 0.2) is 11.6 Å². The van der Waals surface area contributed by atoms with Gasteiger partial charge < -0.3 is 14.0 Å². The van der Waals surface area contributed by atoms with E-state index in [1.54, 1.807) is 25.4 Å². The van der Waals surface area contributed by atoms with Crippen LogP contribution < -0.4 is 4.90 Å². The molecule has 24 heavy (non-hydrogen) atoms. The molecule has 1 fully saturated rings. The zero-order valence-corrected chi connectivity index (χ0v) is 13.5. The molecule has 0 aliphatic carbocycles. The van der Waals surface area contributed by atoms with Crippen LogP contribution in [0.1, 0.15) is 17.4 Å². The molecule has 0 bridgehead atoms. The topological polar surface area (TPSA) is 59.7 Å². The summed E-state index contributed by atoms with van der Waals surface area (Å²) >= 11 is 0. The van der Waals surface area contributed by atoms with Crippen molar-refractivity contribution in [2.75, 3.05) is 31.2 Å². The molecule has 1 saturated heterocycles. The monoisotopic (exact) mass is 322 g/mol. The van der Waals surface area contributed by atoms with Crippen LogP contribution in [0.3, 0.4) is 0 Å². The third-order valence-electron chi connectivity index (χ3n) is 4.30. The lowest BCUT2D eigenvalue weighted by atomic mass is 10.2. The number of Topliss-reactive ketones (excluding diaryl/α,β-unsaturated/α-hetero) is 1. The first-order valence-corrected chi connectivity index (χ1v) is 8.00. The zero-order chi connectivity index (χ0) is 16.5. The Balaban J connectivity index is 1.88. The van der Waals surface area contributed by atoms with E-state index in [0.717, 1.165) is 43.1 Å². The van der Waals surface area contributed by atoms with Gasteiger partial charge in [0.1, 0.15) is 0 Å². The number of nitrogens with zero attached hydrogens (tertiary/aromatic N) is 4. The number of hydrogen-bond acceptors (Lipinski definition) is 5. The minimum Gasteiger partial charge on any atom is -0.378 e. The number of aromatic nitrogens is 3. The second kappa shape index (κ2) is 6.05. The quantitative estimate of drug-likeness (QED) is 0.693. The van der Waals surface area contributed by atoms with E-state index in [9.17, 15) is 4.79 Å². The summed E-state index contributed by atoms with van der Waals surface area (Å²) in [5.74, 6) is 0.646. The predicted molar refractivity (Wildman–Crippen MR) is 91.5 cm³/mol. The molecule has 3 aromatic heterocycles. The molecule has 0 radical (unpaired) electrons. The van der Waals surface area contributed by atoms with Gasteiger partial charge in [0.05, 0.1) is 24.4 Å². The van der Waals surface area contributed by atoms with Gasteiger partial charge in [-0.05, 0) is 24.3 Å². The lowest BCUT2D eigenvalue weighted by Gasteiger charge is -2.29. The molecular weight excluding hydrogens is 304 g/mol. The van der Waals surface area contributed by atoms with Crippen molar-refractivity contribution < 1.29 is 9.53 Å². The van der Waals surface area contributed by atoms with Gasteiger partial charge in [-0.2, -0.15) is 0 Å². The van der Waals surface area contributed by atoms with E-state index >= 15 is 0 Å². The van der Waals surface area contributed by atoms with Crippen LogP contribution >= 0.6 is 0 Å². The fraction of sp³-hybridized carbons (Fsp3) is 0.278. The van der Waals surface area contributed by atoms with Crippen molar-refractivity contribution in [2.24, 2.45) is 0 Å². The SMILES string of the molecule is CC(=O)c1cc(-c2ncccn2)c2cc(N3CCOCC3)ccn12. The molecule has 4 rings (SSSR count). The fourth-order valence-electron chi connectivity index (χ4n) is 3.09. The Morgan fingerprint density at radius 2 is 1.92 bits per heavy atom. The Morgan fingerprint density at radius 1 is 1.17 bits per heavy atom. The minimum atomic E-state index is 0.0197. The molecule has 6 nitrogen and oxygen atoms in total. The lowest BCUT2D eigenvalue weighted by Crippen LogP contribution is -2.36. The number of hydrogen-bond donors (Lipinski definition) is 0. The summed E-state index contributed by atoms with van der Waals surface area (Å²) in [7, 11) is 0. The normalized spacial score (nSPS) is 15.0. The average Bonchev–Trinajstić information content (AvgIpc) is 3.02. The van der Waals surface area contributed by atoms with Crippen LogP contribution in [0.2, 0.25) is 0 Å². The number of morpholine rings is 1. The van der Waals surface area contributed by atoms with Crippen molar-refractivity contribution in [1.82, 2.24) is 14.4 Å². The van der Waals surface area contributed by atoms with E-state index in [-0.39, 0.29) is 5.78 Å². The molecule has 0 N–H and O–H groups in total. The highest BCUT2D eigenvalue weighted by Crippen LogP contribution is 2.29. The standard InChI is InChI=1S/C18H18N4O2/c1-13(23)16-12-15(18-19-4-2-5-20-18)17-11-14(3-6-22(16)17)21-7-9-24-10-8-21/h2-6,11-12H,7-10H2,1H3. The second-order valence-electron chi connectivity index (χ2n) is 5.81. The van der Waals surface area contributed by atoms with Gasteiger partial charge in [-0.3, -0.25) is 4.79 Å². The van der Waals surface area contributed by atoms with E-state index in [1.807, 2.05) is 22.7 Å². The Morgan fingerprint density at radius 3 is 2.62 bits per heavy atom. The first-order valence-electron chi connectivity index (χ1n) is 8.00. The van der Waals surface area contributed by atoms with Gasteiger partial charge in [0.25, 0.3) is 0 Å². The highest BCUT2D eigenvalue weighted by atomic mass is 16.5. The molecule has 122 valence electrons. The maximum Gasteiger partial charge on any atom is 0.176 e. The first-order chi connectivity index (χ1) is 11.7. The lowest BCUT2D eigenvalue weighted by molar-refractivity contribution is 0.101. The summed E-state index contributed by atoms with van der Waals surface area (Å²) in [4.78, 5) is 23.0.